The van der Waals surface area contributed by atoms with Crippen LogP contribution in [0.25, 0.3) is 0 Å². The van der Waals surface area contributed by atoms with Crippen molar-refractivity contribution in [1.29, 1.82) is 5.41 Å². The van der Waals surface area contributed by atoms with Crippen molar-refractivity contribution in [3.05, 3.63) is 17.3 Å². The number of nitrogen functional groups attached to an aromatic ring is 1. The smallest absolute Gasteiger partial charge is 0.345 e. The number of aliphatic hydroxyl groups excluding tert-OH is 1. The number of carbonyl (C=O) groups is 1. The first kappa shape index (κ1) is 13.6. The minimum atomic E-state index is -0.694. The topological polar surface area (TPSA) is 134 Å². The summed E-state index contributed by atoms with van der Waals surface area (Å²) in [6.07, 6.45) is 0. The lowest BCUT2D eigenvalue weighted by Crippen LogP contribution is -2.15. The minimum Gasteiger partial charge on any atom is -0.481 e. The molecule has 5 N–H and O–H groups in total. The highest BCUT2D eigenvalue weighted by Gasteiger charge is 2.16. The van der Waals surface area contributed by atoms with Gasteiger partial charge in [-0.15, -0.1) is 0 Å². The highest BCUT2D eigenvalue weighted by atomic mass is 16.5. The molecule has 2 amide bonds. The molecule has 0 aliphatic heterocycles. The standard InChI is InChI=1S/C10H13N5O3/c1-13-10(17)15-7-3-5(11)8(9(12)18-2)6(4-16)14-7/h3,12,16H,1,4H2,2H3,(H3,11,14,15,17). The molecule has 1 heterocycles. The van der Waals surface area contributed by atoms with Crippen LogP contribution in [-0.2, 0) is 11.3 Å². The summed E-state index contributed by atoms with van der Waals surface area (Å²) < 4.78 is 4.74. The lowest BCUT2D eigenvalue weighted by Gasteiger charge is -2.12. The fraction of sp³-hybridized carbons (Fsp3) is 0.200. The third kappa shape index (κ3) is 2.80. The molecule has 0 aromatic carbocycles. The second kappa shape index (κ2) is 5.73. The molecule has 1 rings (SSSR count). The Morgan fingerprint density at radius 2 is 2.44 bits per heavy atom. The van der Waals surface area contributed by atoms with E-state index in [1.54, 1.807) is 0 Å². The van der Waals surface area contributed by atoms with Gasteiger partial charge < -0.3 is 15.6 Å². The number of urea groups is 1. The monoisotopic (exact) mass is 251 g/mol. The predicted molar refractivity (Wildman–Crippen MR) is 67.0 cm³/mol. The van der Waals surface area contributed by atoms with Crippen molar-refractivity contribution in [2.75, 3.05) is 18.2 Å². The molecule has 0 radical (unpaired) electrons. The van der Waals surface area contributed by atoms with Crippen LogP contribution in [0.2, 0.25) is 0 Å². The van der Waals surface area contributed by atoms with E-state index >= 15 is 0 Å². The highest BCUT2D eigenvalue weighted by molar-refractivity contribution is 5.99. The lowest BCUT2D eigenvalue weighted by molar-refractivity contribution is 0.259. The molecule has 0 aliphatic rings. The van der Waals surface area contributed by atoms with Gasteiger partial charge in [0.2, 0.25) is 5.90 Å². The van der Waals surface area contributed by atoms with E-state index < -0.39 is 12.6 Å². The van der Waals surface area contributed by atoms with Crippen molar-refractivity contribution in [1.82, 2.24) is 4.98 Å². The van der Waals surface area contributed by atoms with Gasteiger partial charge in [-0.25, -0.2) is 14.8 Å². The molecule has 0 aliphatic carbocycles. The molecule has 0 bridgehead atoms. The third-order valence-electron chi connectivity index (χ3n) is 2.08. The Balaban J connectivity index is 3.22. The first-order valence-corrected chi connectivity index (χ1v) is 4.84. The summed E-state index contributed by atoms with van der Waals surface area (Å²) >= 11 is 0. The Hall–Kier alpha value is -2.48. The summed E-state index contributed by atoms with van der Waals surface area (Å²) in [6, 6.07) is 0.644. The van der Waals surface area contributed by atoms with E-state index in [1.807, 2.05) is 0 Å². The third-order valence-corrected chi connectivity index (χ3v) is 2.08. The van der Waals surface area contributed by atoms with Crippen molar-refractivity contribution >= 4 is 30.2 Å². The van der Waals surface area contributed by atoms with Crippen LogP contribution in [0.4, 0.5) is 16.3 Å². The molecule has 0 unspecified atom stereocenters. The van der Waals surface area contributed by atoms with Gasteiger partial charge in [0, 0.05) is 11.8 Å². The number of nitrogens with two attached hydrogens (primary N) is 1. The molecule has 0 spiro atoms. The fourth-order valence-electron chi connectivity index (χ4n) is 1.31. The Kier molecular flexibility index (Phi) is 4.33. The zero-order valence-corrected chi connectivity index (χ0v) is 9.73. The van der Waals surface area contributed by atoms with Gasteiger partial charge in [0.05, 0.1) is 25.0 Å². The van der Waals surface area contributed by atoms with Gasteiger partial charge in [-0.1, -0.05) is 0 Å². The number of ether oxygens (including phenoxy) is 1. The number of aliphatic hydroxyl groups is 1. The van der Waals surface area contributed by atoms with Gasteiger partial charge in [-0.05, 0) is 6.72 Å². The zero-order chi connectivity index (χ0) is 13.7. The number of methoxy groups -OCH3 is 1. The number of hydrogen-bond acceptors (Lipinski definition) is 6. The van der Waals surface area contributed by atoms with Crippen LogP contribution < -0.4 is 11.1 Å². The first-order chi connectivity index (χ1) is 8.53. The Morgan fingerprint density at radius 1 is 1.78 bits per heavy atom. The Morgan fingerprint density at radius 3 is 2.94 bits per heavy atom. The second-order valence-corrected chi connectivity index (χ2v) is 3.20. The maximum absolute atomic E-state index is 11.0. The molecular formula is C10H13N5O3. The molecule has 1 aromatic rings. The van der Waals surface area contributed by atoms with Crippen LogP contribution in [0.1, 0.15) is 11.3 Å². The van der Waals surface area contributed by atoms with E-state index in [0.717, 1.165) is 0 Å². The van der Waals surface area contributed by atoms with Gasteiger partial charge in [0.25, 0.3) is 0 Å². The van der Waals surface area contributed by atoms with Crippen molar-refractivity contribution in [3.63, 3.8) is 0 Å². The van der Waals surface area contributed by atoms with Crippen LogP contribution in [0.15, 0.2) is 11.1 Å². The lowest BCUT2D eigenvalue weighted by atomic mass is 10.1. The predicted octanol–water partition coefficient (Wildman–Crippen LogP) is 0.360. The first-order valence-electron chi connectivity index (χ1n) is 4.84. The highest BCUT2D eigenvalue weighted by Crippen LogP contribution is 2.21. The summed E-state index contributed by atoms with van der Waals surface area (Å²) in [7, 11) is 1.31. The number of aliphatic imine (C=N–C) groups is 1. The molecule has 0 saturated heterocycles. The maximum Gasteiger partial charge on any atom is 0.345 e. The van der Waals surface area contributed by atoms with Gasteiger partial charge in [0.15, 0.2) is 0 Å². The normalized spacial score (nSPS) is 9.67. The molecular weight excluding hydrogens is 238 g/mol. The molecule has 96 valence electrons. The summed E-state index contributed by atoms with van der Waals surface area (Å²) in [5, 5.41) is 19.0. The number of pyridine rings is 1. The van der Waals surface area contributed by atoms with Crippen LogP contribution >= 0.6 is 0 Å². The van der Waals surface area contributed by atoms with E-state index in [2.05, 4.69) is 22.0 Å². The summed E-state index contributed by atoms with van der Waals surface area (Å²) in [5.74, 6) is -0.106. The van der Waals surface area contributed by atoms with Crippen LogP contribution in [-0.4, -0.2) is 35.8 Å². The van der Waals surface area contributed by atoms with Crippen molar-refractivity contribution in [2.24, 2.45) is 4.99 Å². The molecule has 8 heteroatoms. The summed E-state index contributed by atoms with van der Waals surface area (Å²) in [4.78, 5) is 18.1. The zero-order valence-electron chi connectivity index (χ0n) is 9.73. The number of hydrogen-bond donors (Lipinski definition) is 4. The van der Waals surface area contributed by atoms with Gasteiger partial charge >= 0.3 is 6.03 Å². The van der Waals surface area contributed by atoms with Crippen LogP contribution in [0.5, 0.6) is 0 Å². The van der Waals surface area contributed by atoms with Crippen LogP contribution in [0.3, 0.4) is 0 Å². The molecule has 0 saturated carbocycles. The van der Waals surface area contributed by atoms with Crippen LogP contribution in [0, 0.1) is 5.41 Å². The number of anilines is 2. The quantitative estimate of drug-likeness (QED) is 0.454. The molecule has 1 aromatic heterocycles. The Labute approximate surface area is 103 Å². The number of aromatic nitrogens is 1. The fourth-order valence-corrected chi connectivity index (χ4v) is 1.31. The summed E-state index contributed by atoms with van der Waals surface area (Å²) in [6.45, 7) is 2.61. The van der Waals surface area contributed by atoms with Crippen molar-refractivity contribution in [3.8, 4) is 0 Å². The minimum absolute atomic E-state index is 0.113. The molecule has 0 atom stereocenters. The number of rotatable bonds is 3. The number of nitrogens with zero attached hydrogens (tertiary/aromatic N) is 2. The molecule has 18 heavy (non-hydrogen) atoms. The Bertz CT molecular complexity index is 501. The summed E-state index contributed by atoms with van der Waals surface area (Å²) in [5.41, 5.74) is 6.19. The second-order valence-electron chi connectivity index (χ2n) is 3.20. The van der Waals surface area contributed by atoms with E-state index in [4.69, 9.17) is 15.9 Å². The largest absolute Gasteiger partial charge is 0.481 e. The van der Waals surface area contributed by atoms with E-state index in [1.165, 1.54) is 13.2 Å². The average Bonchev–Trinajstić information content (AvgIpc) is 2.36. The van der Waals surface area contributed by atoms with Gasteiger partial charge in [-0.2, -0.15) is 0 Å². The molecule has 0 fully saturated rings. The SMILES string of the molecule is C=NC(=O)Nc1cc(N)c(C(=N)OC)c(CO)n1. The van der Waals surface area contributed by atoms with E-state index in [-0.39, 0.29) is 28.7 Å². The van der Waals surface area contributed by atoms with Crippen molar-refractivity contribution < 1.29 is 14.6 Å². The van der Waals surface area contributed by atoms with Gasteiger partial charge in [-0.3, -0.25) is 10.7 Å². The van der Waals surface area contributed by atoms with Crippen molar-refractivity contribution in [2.45, 2.75) is 6.61 Å². The number of carbonyl (C=O) groups excluding carboxylic acids is 1. The average molecular weight is 251 g/mol. The number of amides is 2. The van der Waals surface area contributed by atoms with Gasteiger partial charge in [0.1, 0.15) is 5.82 Å². The molecule has 8 nitrogen and oxygen atoms in total. The number of nitrogens with one attached hydrogen (secondary N) is 2. The van der Waals surface area contributed by atoms with E-state index in [0.29, 0.717) is 0 Å². The maximum atomic E-state index is 11.0. The van der Waals surface area contributed by atoms with E-state index in [9.17, 15) is 9.90 Å².